The van der Waals surface area contributed by atoms with Crippen LogP contribution in [-0.4, -0.2) is 22.8 Å². The zero-order valence-corrected chi connectivity index (χ0v) is 14.4. The average Bonchev–Trinajstić information content (AvgIpc) is 2.66. The van der Waals surface area contributed by atoms with Gasteiger partial charge in [-0.1, -0.05) is 25.1 Å². The molecular weight excluding hydrogens is 338 g/mol. The van der Waals surface area contributed by atoms with Crippen molar-refractivity contribution in [1.82, 2.24) is 10.9 Å². The summed E-state index contributed by atoms with van der Waals surface area (Å²) in [6.45, 7) is 3.58. The molecule has 0 bridgehead atoms. The van der Waals surface area contributed by atoms with Crippen molar-refractivity contribution in [3.05, 3.63) is 69.8 Å². The molecule has 2 aromatic rings. The van der Waals surface area contributed by atoms with Crippen molar-refractivity contribution < 1.29 is 19.2 Å². The largest absolute Gasteiger partial charge is 0.481 e. The summed E-state index contributed by atoms with van der Waals surface area (Å²) in [6, 6.07) is 12.5. The lowest BCUT2D eigenvalue weighted by molar-refractivity contribution is -0.384. The first-order chi connectivity index (χ1) is 12.4. The molecule has 0 aliphatic heterocycles. The van der Waals surface area contributed by atoms with Crippen molar-refractivity contribution in [2.75, 3.05) is 0 Å². The molecule has 0 saturated heterocycles. The zero-order valence-electron chi connectivity index (χ0n) is 14.4. The Labute approximate surface area is 150 Å². The number of hydrazine groups is 1. The number of hydrogen-bond acceptors (Lipinski definition) is 5. The highest BCUT2D eigenvalue weighted by atomic mass is 16.6. The molecule has 0 heterocycles. The lowest BCUT2D eigenvalue weighted by Gasteiger charge is -2.15. The second-order valence-corrected chi connectivity index (χ2v) is 5.51. The quantitative estimate of drug-likeness (QED) is 0.609. The van der Waals surface area contributed by atoms with Gasteiger partial charge in [0, 0.05) is 17.7 Å². The number of carbonyl (C=O) groups excluding carboxylic acids is 2. The van der Waals surface area contributed by atoms with Crippen molar-refractivity contribution in [2.24, 2.45) is 0 Å². The number of nitrogens with one attached hydrogen (secondary N) is 2. The van der Waals surface area contributed by atoms with E-state index < -0.39 is 22.8 Å². The van der Waals surface area contributed by atoms with E-state index in [1.807, 2.05) is 19.1 Å². The van der Waals surface area contributed by atoms with Gasteiger partial charge in [-0.25, -0.2) is 0 Å². The van der Waals surface area contributed by atoms with E-state index in [0.717, 1.165) is 18.1 Å². The number of non-ortho nitro benzene ring substituents is 1. The van der Waals surface area contributed by atoms with E-state index in [-0.39, 0.29) is 11.3 Å². The van der Waals surface area contributed by atoms with Crippen LogP contribution in [0.3, 0.4) is 0 Å². The maximum absolute atomic E-state index is 12.0. The molecule has 0 unspecified atom stereocenters. The maximum Gasteiger partial charge on any atom is 0.279 e. The first kappa shape index (κ1) is 18.9. The Hall–Kier alpha value is -3.42. The molecule has 0 aromatic heterocycles. The Morgan fingerprint density at radius 2 is 1.85 bits per heavy atom. The summed E-state index contributed by atoms with van der Waals surface area (Å²) < 4.78 is 5.51. The van der Waals surface area contributed by atoms with Crippen LogP contribution < -0.4 is 15.6 Å². The van der Waals surface area contributed by atoms with Crippen LogP contribution in [-0.2, 0) is 11.2 Å². The van der Waals surface area contributed by atoms with Gasteiger partial charge in [0.05, 0.1) is 4.92 Å². The van der Waals surface area contributed by atoms with E-state index in [1.54, 1.807) is 19.1 Å². The molecule has 1 atom stereocenters. The summed E-state index contributed by atoms with van der Waals surface area (Å²) in [5, 5.41) is 10.7. The van der Waals surface area contributed by atoms with E-state index >= 15 is 0 Å². The Bertz CT molecular complexity index is 805. The molecule has 0 radical (unpaired) electrons. The molecule has 0 saturated carbocycles. The number of nitrogens with zero attached hydrogens (tertiary/aromatic N) is 1. The minimum Gasteiger partial charge on any atom is -0.481 e. The molecule has 8 nitrogen and oxygen atoms in total. The average molecular weight is 357 g/mol. The summed E-state index contributed by atoms with van der Waals surface area (Å²) in [7, 11) is 0. The van der Waals surface area contributed by atoms with Gasteiger partial charge >= 0.3 is 0 Å². The molecule has 8 heteroatoms. The number of rotatable bonds is 6. The first-order valence-corrected chi connectivity index (χ1v) is 8.01. The third-order valence-electron chi connectivity index (χ3n) is 3.63. The molecule has 2 amide bonds. The van der Waals surface area contributed by atoms with Crippen LogP contribution in [0.4, 0.5) is 5.69 Å². The summed E-state index contributed by atoms with van der Waals surface area (Å²) >= 11 is 0. The second-order valence-electron chi connectivity index (χ2n) is 5.51. The van der Waals surface area contributed by atoms with Gasteiger partial charge in [0.15, 0.2) is 6.10 Å². The van der Waals surface area contributed by atoms with Gasteiger partial charge in [0.2, 0.25) is 0 Å². The van der Waals surface area contributed by atoms with E-state index in [1.165, 1.54) is 18.2 Å². The Balaban J connectivity index is 1.89. The van der Waals surface area contributed by atoms with Gasteiger partial charge in [-0.3, -0.25) is 30.6 Å². The van der Waals surface area contributed by atoms with Gasteiger partial charge < -0.3 is 4.74 Å². The van der Waals surface area contributed by atoms with E-state index in [4.69, 9.17) is 4.74 Å². The summed E-state index contributed by atoms with van der Waals surface area (Å²) in [5.74, 6) is -0.681. The van der Waals surface area contributed by atoms with Gasteiger partial charge in [-0.05, 0) is 37.1 Å². The monoisotopic (exact) mass is 357 g/mol. The predicted octanol–water partition coefficient (Wildman–Crippen LogP) is 2.39. The van der Waals surface area contributed by atoms with Crippen LogP contribution in [0.1, 0.15) is 29.8 Å². The molecule has 136 valence electrons. The number of ether oxygens (including phenoxy) is 1. The van der Waals surface area contributed by atoms with Crippen LogP contribution in [0, 0.1) is 10.1 Å². The Morgan fingerprint density at radius 3 is 2.46 bits per heavy atom. The van der Waals surface area contributed by atoms with Crippen LogP contribution in [0.5, 0.6) is 5.75 Å². The van der Waals surface area contributed by atoms with Crippen LogP contribution in [0.2, 0.25) is 0 Å². The van der Waals surface area contributed by atoms with Crippen molar-refractivity contribution >= 4 is 17.5 Å². The smallest absolute Gasteiger partial charge is 0.279 e. The number of nitro benzene ring substituents is 1. The number of benzene rings is 2. The SMILES string of the molecule is CCc1ccc(O[C@@H](C)C(=O)NNC(=O)c2cccc([N+](=O)[O-])c2)cc1. The third-order valence-corrected chi connectivity index (χ3v) is 3.63. The molecule has 0 spiro atoms. The lowest BCUT2D eigenvalue weighted by atomic mass is 10.2. The Morgan fingerprint density at radius 1 is 1.15 bits per heavy atom. The van der Waals surface area contributed by atoms with Gasteiger partial charge in [-0.15, -0.1) is 0 Å². The Kier molecular flexibility index (Phi) is 6.26. The molecule has 0 aliphatic rings. The second kappa shape index (κ2) is 8.61. The molecule has 0 fully saturated rings. The summed E-state index contributed by atoms with van der Waals surface area (Å²) in [4.78, 5) is 34.1. The highest BCUT2D eigenvalue weighted by molar-refractivity contribution is 5.96. The van der Waals surface area contributed by atoms with Gasteiger partial charge in [0.25, 0.3) is 17.5 Å². The molecule has 0 aliphatic carbocycles. The molecular formula is C18H19N3O5. The highest BCUT2D eigenvalue weighted by Gasteiger charge is 2.17. The first-order valence-electron chi connectivity index (χ1n) is 8.01. The fourth-order valence-corrected chi connectivity index (χ4v) is 2.11. The normalized spacial score (nSPS) is 11.3. The third kappa shape index (κ3) is 5.04. The number of amides is 2. The minimum atomic E-state index is -0.840. The molecule has 2 aromatic carbocycles. The molecule has 2 rings (SSSR count). The van der Waals surface area contributed by atoms with Crippen LogP contribution in [0.15, 0.2) is 48.5 Å². The van der Waals surface area contributed by atoms with Crippen LogP contribution >= 0.6 is 0 Å². The van der Waals surface area contributed by atoms with E-state index in [2.05, 4.69) is 10.9 Å². The number of nitro groups is 1. The van der Waals surface area contributed by atoms with E-state index in [9.17, 15) is 19.7 Å². The predicted molar refractivity (Wildman–Crippen MR) is 94.6 cm³/mol. The van der Waals surface area contributed by atoms with Crippen molar-refractivity contribution in [2.45, 2.75) is 26.4 Å². The molecule has 26 heavy (non-hydrogen) atoms. The van der Waals surface area contributed by atoms with Gasteiger partial charge in [0.1, 0.15) is 5.75 Å². The fourth-order valence-electron chi connectivity index (χ4n) is 2.11. The fraction of sp³-hybridized carbons (Fsp3) is 0.222. The number of carbonyl (C=O) groups is 2. The van der Waals surface area contributed by atoms with Crippen molar-refractivity contribution in [3.8, 4) is 5.75 Å². The van der Waals surface area contributed by atoms with E-state index in [0.29, 0.717) is 5.75 Å². The lowest BCUT2D eigenvalue weighted by Crippen LogP contribution is -2.47. The van der Waals surface area contributed by atoms with Gasteiger partial charge in [-0.2, -0.15) is 0 Å². The number of aryl methyl sites for hydroxylation is 1. The number of hydrogen-bond donors (Lipinski definition) is 2. The maximum atomic E-state index is 12.0. The highest BCUT2D eigenvalue weighted by Crippen LogP contribution is 2.14. The molecule has 2 N–H and O–H groups in total. The zero-order chi connectivity index (χ0) is 19.1. The standard InChI is InChI=1S/C18H19N3O5/c1-3-13-7-9-16(10-8-13)26-12(2)17(22)19-20-18(23)14-5-4-6-15(11-14)21(24)25/h4-12H,3H2,1-2H3,(H,19,22)(H,20,23)/t12-/m0/s1. The summed E-state index contributed by atoms with van der Waals surface area (Å²) in [5.41, 5.74) is 5.45. The minimum absolute atomic E-state index is 0.0585. The van der Waals surface area contributed by atoms with Crippen LogP contribution in [0.25, 0.3) is 0 Å². The summed E-state index contributed by atoms with van der Waals surface area (Å²) in [6.07, 6.45) is 0.0629. The van der Waals surface area contributed by atoms with Crippen molar-refractivity contribution in [3.63, 3.8) is 0 Å². The topological polar surface area (TPSA) is 111 Å². The van der Waals surface area contributed by atoms with Crippen molar-refractivity contribution in [1.29, 1.82) is 0 Å².